The lowest BCUT2D eigenvalue weighted by Crippen LogP contribution is -2.21. The van der Waals surface area contributed by atoms with Crippen molar-refractivity contribution >= 4 is 29.0 Å². The molecular weight excluding hydrogens is 317 g/mol. The molecule has 0 spiro atoms. The highest BCUT2D eigenvalue weighted by Crippen LogP contribution is 2.23. The summed E-state index contributed by atoms with van der Waals surface area (Å²) in [6.07, 6.45) is 4.28. The summed E-state index contributed by atoms with van der Waals surface area (Å²) in [5.74, 6) is -0.0489. The number of halogens is 2. The zero-order valence-electron chi connectivity index (χ0n) is 11.9. The second kappa shape index (κ2) is 6.66. The molecule has 2 aromatic rings. The van der Waals surface area contributed by atoms with Gasteiger partial charge in [-0.25, -0.2) is 0 Å². The van der Waals surface area contributed by atoms with Crippen LogP contribution in [0.2, 0.25) is 10.0 Å². The number of nitrogens with zero attached hydrogens (tertiary/aromatic N) is 1. The van der Waals surface area contributed by atoms with Gasteiger partial charge in [-0.3, -0.25) is 9.69 Å². The maximum atomic E-state index is 12.8. The van der Waals surface area contributed by atoms with Gasteiger partial charge in [0.05, 0.1) is 0 Å². The van der Waals surface area contributed by atoms with Gasteiger partial charge in [-0.2, -0.15) is 0 Å². The highest BCUT2D eigenvalue weighted by molar-refractivity contribution is 6.35. The van der Waals surface area contributed by atoms with Crippen molar-refractivity contribution in [3.63, 3.8) is 0 Å². The fourth-order valence-electron chi connectivity index (χ4n) is 2.61. The van der Waals surface area contributed by atoms with Gasteiger partial charge >= 0.3 is 0 Å². The quantitative estimate of drug-likeness (QED) is 0.603. The van der Waals surface area contributed by atoms with Crippen molar-refractivity contribution in [2.24, 2.45) is 0 Å². The van der Waals surface area contributed by atoms with E-state index in [1.54, 1.807) is 18.2 Å². The predicted octanol–water partition coefficient (Wildman–Crippen LogP) is 4.60. The Labute approximate surface area is 140 Å². The molecule has 4 heteroatoms. The summed E-state index contributed by atoms with van der Waals surface area (Å²) in [6, 6.07) is 12.6. The average molecular weight is 332 g/mol. The second-order valence-corrected chi connectivity index (χ2v) is 6.18. The van der Waals surface area contributed by atoms with Crippen LogP contribution in [-0.4, -0.2) is 23.8 Å². The van der Waals surface area contributed by atoms with Gasteiger partial charge in [0.25, 0.3) is 0 Å². The highest BCUT2D eigenvalue weighted by Gasteiger charge is 2.16. The number of carbonyl (C=O) groups is 1. The first-order valence-electron chi connectivity index (χ1n) is 7.09. The van der Waals surface area contributed by atoms with Crippen LogP contribution in [0.1, 0.15) is 21.5 Å². The van der Waals surface area contributed by atoms with Crippen LogP contribution in [0, 0.1) is 0 Å². The molecule has 0 radical (unpaired) electrons. The van der Waals surface area contributed by atoms with Crippen molar-refractivity contribution in [1.29, 1.82) is 0 Å². The molecule has 0 saturated heterocycles. The molecule has 0 amide bonds. The minimum Gasteiger partial charge on any atom is -0.292 e. The van der Waals surface area contributed by atoms with E-state index >= 15 is 0 Å². The lowest BCUT2D eigenvalue weighted by atomic mass is 9.98. The number of benzene rings is 2. The van der Waals surface area contributed by atoms with Crippen molar-refractivity contribution in [1.82, 2.24) is 4.90 Å². The minimum absolute atomic E-state index is 0.0489. The van der Waals surface area contributed by atoms with Crippen LogP contribution in [-0.2, 0) is 6.54 Å². The maximum Gasteiger partial charge on any atom is 0.193 e. The Bertz CT molecular complexity index is 711. The van der Waals surface area contributed by atoms with Crippen molar-refractivity contribution < 1.29 is 4.79 Å². The number of carbonyl (C=O) groups excluding carboxylic acids is 1. The van der Waals surface area contributed by atoms with Gasteiger partial charge in [0.2, 0.25) is 0 Å². The molecule has 3 rings (SSSR count). The van der Waals surface area contributed by atoms with Crippen molar-refractivity contribution in [2.75, 3.05) is 13.1 Å². The Balaban J connectivity index is 1.91. The Hall–Kier alpha value is -1.61. The maximum absolute atomic E-state index is 12.8. The third-order valence-corrected chi connectivity index (χ3v) is 4.11. The van der Waals surface area contributed by atoms with Gasteiger partial charge in [0.1, 0.15) is 0 Å². The molecule has 112 valence electrons. The van der Waals surface area contributed by atoms with Gasteiger partial charge in [-0.1, -0.05) is 59.6 Å². The number of hydrogen-bond donors (Lipinski definition) is 0. The molecule has 0 aliphatic carbocycles. The second-order valence-electron chi connectivity index (χ2n) is 5.31. The Kier molecular flexibility index (Phi) is 4.63. The first kappa shape index (κ1) is 15.3. The van der Waals surface area contributed by atoms with Crippen molar-refractivity contribution in [3.05, 3.63) is 81.4 Å². The summed E-state index contributed by atoms with van der Waals surface area (Å²) >= 11 is 12.0. The molecule has 0 saturated carbocycles. The lowest BCUT2D eigenvalue weighted by Gasteiger charge is -2.17. The van der Waals surface area contributed by atoms with Crippen LogP contribution in [0.25, 0.3) is 0 Å². The molecule has 22 heavy (non-hydrogen) atoms. The summed E-state index contributed by atoms with van der Waals surface area (Å²) in [6.45, 7) is 2.60. The van der Waals surface area contributed by atoms with E-state index in [0.717, 1.165) is 25.2 Å². The van der Waals surface area contributed by atoms with Crippen LogP contribution >= 0.6 is 23.2 Å². The predicted molar refractivity (Wildman–Crippen MR) is 90.8 cm³/mol. The molecule has 0 N–H and O–H groups in total. The molecule has 1 aliphatic rings. The molecule has 0 fully saturated rings. The summed E-state index contributed by atoms with van der Waals surface area (Å²) < 4.78 is 0. The normalized spacial score (nSPS) is 14.5. The number of rotatable bonds is 4. The van der Waals surface area contributed by atoms with E-state index in [-0.39, 0.29) is 5.78 Å². The van der Waals surface area contributed by atoms with Crippen LogP contribution < -0.4 is 0 Å². The van der Waals surface area contributed by atoms with Gasteiger partial charge in [-0.05, 0) is 23.8 Å². The van der Waals surface area contributed by atoms with E-state index in [2.05, 4.69) is 17.1 Å². The van der Waals surface area contributed by atoms with Gasteiger partial charge in [0.15, 0.2) is 5.78 Å². The van der Waals surface area contributed by atoms with Crippen LogP contribution in [0.3, 0.4) is 0 Å². The molecular formula is C18H15Cl2NO. The fraction of sp³-hybridized carbons (Fsp3) is 0.167. The molecule has 0 bridgehead atoms. The third-order valence-electron chi connectivity index (χ3n) is 3.67. The van der Waals surface area contributed by atoms with Crippen LogP contribution in [0.5, 0.6) is 0 Å². The summed E-state index contributed by atoms with van der Waals surface area (Å²) in [4.78, 5) is 15.1. The molecule has 0 atom stereocenters. The van der Waals surface area contributed by atoms with E-state index in [1.807, 2.05) is 24.3 Å². The molecule has 2 nitrogen and oxygen atoms in total. The number of hydrogen-bond acceptors (Lipinski definition) is 2. The zero-order valence-corrected chi connectivity index (χ0v) is 13.4. The Morgan fingerprint density at radius 1 is 1.00 bits per heavy atom. The fourth-order valence-corrected chi connectivity index (χ4v) is 3.14. The molecule has 1 heterocycles. The monoisotopic (exact) mass is 331 g/mol. The van der Waals surface area contributed by atoms with E-state index in [0.29, 0.717) is 21.2 Å². The summed E-state index contributed by atoms with van der Waals surface area (Å²) in [5, 5.41) is 0.939. The summed E-state index contributed by atoms with van der Waals surface area (Å²) in [7, 11) is 0. The van der Waals surface area contributed by atoms with E-state index in [9.17, 15) is 4.79 Å². The van der Waals surface area contributed by atoms with Gasteiger partial charge < -0.3 is 0 Å². The summed E-state index contributed by atoms with van der Waals surface area (Å²) in [5.41, 5.74) is 2.24. The highest BCUT2D eigenvalue weighted by atomic mass is 35.5. The lowest BCUT2D eigenvalue weighted by molar-refractivity contribution is 0.103. The Morgan fingerprint density at radius 2 is 1.64 bits per heavy atom. The van der Waals surface area contributed by atoms with Crippen molar-refractivity contribution in [2.45, 2.75) is 6.54 Å². The first-order chi connectivity index (χ1) is 10.6. The topological polar surface area (TPSA) is 20.3 Å². The SMILES string of the molecule is O=C(c1cc(Cl)cc(Cl)c1)c1ccccc1CN1CC=CC1. The third kappa shape index (κ3) is 3.41. The minimum atomic E-state index is -0.0489. The average Bonchev–Trinajstić information content (AvgIpc) is 2.99. The molecule has 0 aromatic heterocycles. The van der Waals surface area contributed by atoms with E-state index < -0.39 is 0 Å². The largest absolute Gasteiger partial charge is 0.292 e. The zero-order chi connectivity index (χ0) is 15.5. The first-order valence-corrected chi connectivity index (χ1v) is 7.85. The smallest absolute Gasteiger partial charge is 0.193 e. The molecule has 2 aromatic carbocycles. The van der Waals surface area contributed by atoms with Gasteiger partial charge in [0, 0.05) is 40.8 Å². The van der Waals surface area contributed by atoms with E-state index in [1.165, 1.54) is 0 Å². The van der Waals surface area contributed by atoms with E-state index in [4.69, 9.17) is 23.2 Å². The van der Waals surface area contributed by atoms with Crippen molar-refractivity contribution in [3.8, 4) is 0 Å². The molecule has 1 aliphatic heterocycles. The van der Waals surface area contributed by atoms with Crippen LogP contribution in [0.4, 0.5) is 0 Å². The Morgan fingerprint density at radius 3 is 2.32 bits per heavy atom. The molecule has 0 unspecified atom stereocenters. The van der Waals surface area contributed by atoms with Crippen LogP contribution in [0.15, 0.2) is 54.6 Å². The van der Waals surface area contributed by atoms with Gasteiger partial charge in [-0.15, -0.1) is 0 Å². The number of ketones is 1. The standard InChI is InChI=1S/C18H15Cl2NO/c19-15-9-14(10-16(20)11-15)18(22)17-6-2-1-5-13(17)12-21-7-3-4-8-21/h1-6,9-11H,7-8,12H2.